The number of nitrogens with zero attached hydrogens (tertiary/aromatic N) is 4. The number of anilines is 1. The average molecular weight is 202 g/mol. The smallest absolute Gasteiger partial charge is 0.229 e. The van der Waals surface area contributed by atoms with E-state index in [0.717, 1.165) is 5.56 Å². The maximum Gasteiger partial charge on any atom is 0.229 e. The van der Waals surface area contributed by atoms with Gasteiger partial charge in [-0.2, -0.15) is 5.26 Å². The number of aromatic nitrogens is 2. The van der Waals surface area contributed by atoms with Gasteiger partial charge in [-0.3, -0.25) is 9.69 Å². The van der Waals surface area contributed by atoms with Crippen molar-refractivity contribution in [2.24, 2.45) is 0 Å². The summed E-state index contributed by atoms with van der Waals surface area (Å²) in [7, 11) is 0. The normalized spacial score (nSPS) is 14.7. The Hall–Kier alpha value is -1.96. The van der Waals surface area contributed by atoms with E-state index in [9.17, 15) is 4.79 Å². The van der Waals surface area contributed by atoms with E-state index in [2.05, 4.69) is 9.97 Å². The molecule has 1 aliphatic rings. The summed E-state index contributed by atoms with van der Waals surface area (Å²) in [5, 5.41) is 8.64. The predicted octanol–water partition coefficient (Wildman–Crippen LogP) is 0.588. The number of carbonyl (C=O) groups excluding carboxylic acids is 1. The first-order valence-corrected chi connectivity index (χ1v) is 4.72. The van der Waals surface area contributed by atoms with Crippen molar-refractivity contribution in [3.63, 3.8) is 0 Å². The molecule has 5 nitrogen and oxygen atoms in total. The number of amides is 1. The van der Waals surface area contributed by atoms with E-state index in [4.69, 9.17) is 5.26 Å². The number of rotatable bonds is 1. The van der Waals surface area contributed by atoms with E-state index in [1.165, 1.54) is 4.90 Å². The summed E-state index contributed by atoms with van der Waals surface area (Å²) in [5.41, 5.74) is 0.940. The van der Waals surface area contributed by atoms with E-state index in [-0.39, 0.29) is 12.5 Å². The number of aryl methyl sites for hydroxylation is 2. The third kappa shape index (κ3) is 1.66. The minimum absolute atomic E-state index is 0.0397. The Morgan fingerprint density at radius 2 is 2.40 bits per heavy atom. The topological polar surface area (TPSA) is 69.9 Å². The molecule has 0 aliphatic carbocycles. The zero-order valence-electron chi connectivity index (χ0n) is 8.40. The lowest BCUT2D eigenvalue weighted by molar-refractivity contribution is -0.118. The van der Waals surface area contributed by atoms with Gasteiger partial charge in [0.1, 0.15) is 18.2 Å². The Morgan fingerprint density at radius 1 is 1.60 bits per heavy atom. The van der Waals surface area contributed by atoms with Crippen molar-refractivity contribution >= 4 is 11.7 Å². The van der Waals surface area contributed by atoms with Gasteiger partial charge in [-0.1, -0.05) is 0 Å². The lowest BCUT2D eigenvalue weighted by Gasteiger charge is -2.25. The molecule has 0 saturated heterocycles. The highest BCUT2D eigenvalue weighted by atomic mass is 16.2. The minimum atomic E-state index is -0.0397. The molecule has 0 unspecified atom stereocenters. The van der Waals surface area contributed by atoms with Gasteiger partial charge >= 0.3 is 0 Å². The van der Waals surface area contributed by atoms with Gasteiger partial charge in [-0.25, -0.2) is 9.97 Å². The van der Waals surface area contributed by atoms with Crippen LogP contribution in [-0.4, -0.2) is 22.4 Å². The fourth-order valence-corrected chi connectivity index (χ4v) is 1.62. The summed E-state index contributed by atoms with van der Waals surface area (Å²) < 4.78 is 0. The maximum atomic E-state index is 11.6. The molecule has 1 aromatic rings. The fraction of sp³-hybridized carbons (Fsp3) is 0.400. The number of nitriles is 1. The summed E-state index contributed by atoms with van der Waals surface area (Å²) in [4.78, 5) is 21.3. The van der Waals surface area contributed by atoms with Gasteiger partial charge in [0.15, 0.2) is 0 Å². The maximum absolute atomic E-state index is 11.6. The minimum Gasteiger partial charge on any atom is -0.282 e. The number of hydrogen-bond acceptors (Lipinski definition) is 4. The second-order valence-electron chi connectivity index (χ2n) is 3.40. The van der Waals surface area contributed by atoms with Gasteiger partial charge in [-0.05, 0) is 13.3 Å². The zero-order valence-corrected chi connectivity index (χ0v) is 8.40. The van der Waals surface area contributed by atoms with Crippen LogP contribution in [0.15, 0.2) is 6.20 Å². The molecule has 0 aromatic carbocycles. The van der Waals surface area contributed by atoms with Crippen molar-refractivity contribution in [3.8, 4) is 6.07 Å². The molecule has 2 heterocycles. The van der Waals surface area contributed by atoms with Crippen LogP contribution in [0.3, 0.4) is 0 Å². The predicted molar refractivity (Wildman–Crippen MR) is 53.1 cm³/mol. The van der Waals surface area contributed by atoms with Crippen LogP contribution in [0.4, 0.5) is 5.82 Å². The van der Waals surface area contributed by atoms with Crippen molar-refractivity contribution in [2.45, 2.75) is 19.8 Å². The van der Waals surface area contributed by atoms with Crippen LogP contribution in [0.25, 0.3) is 0 Å². The molecule has 1 amide bonds. The molecule has 0 fully saturated rings. The van der Waals surface area contributed by atoms with Crippen LogP contribution >= 0.6 is 0 Å². The molecule has 0 saturated carbocycles. The number of fused-ring (bicyclic) bond motifs is 1. The van der Waals surface area contributed by atoms with Crippen molar-refractivity contribution in [1.82, 2.24) is 9.97 Å². The quantitative estimate of drug-likeness (QED) is 0.625. The van der Waals surface area contributed by atoms with Crippen molar-refractivity contribution < 1.29 is 4.79 Å². The van der Waals surface area contributed by atoms with Crippen LogP contribution < -0.4 is 4.90 Å². The lowest BCUT2D eigenvalue weighted by atomic mass is 10.1. The van der Waals surface area contributed by atoms with Gasteiger partial charge in [-0.15, -0.1) is 0 Å². The van der Waals surface area contributed by atoms with Crippen LogP contribution in [0.1, 0.15) is 17.8 Å². The van der Waals surface area contributed by atoms with E-state index in [0.29, 0.717) is 24.5 Å². The van der Waals surface area contributed by atoms with Gasteiger partial charge in [0.2, 0.25) is 5.91 Å². The van der Waals surface area contributed by atoms with Gasteiger partial charge in [0.25, 0.3) is 0 Å². The average Bonchev–Trinajstić information content (AvgIpc) is 2.23. The molecule has 76 valence electrons. The van der Waals surface area contributed by atoms with Crippen LogP contribution in [0.2, 0.25) is 0 Å². The molecule has 0 bridgehead atoms. The number of hydrogen-bond donors (Lipinski definition) is 0. The molecule has 1 aromatic heterocycles. The molecular formula is C10H10N4O. The summed E-state index contributed by atoms with van der Waals surface area (Å²) in [6, 6.07) is 1.97. The van der Waals surface area contributed by atoms with Gasteiger partial charge in [0, 0.05) is 18.2 Å². The molecule has 15 heavy (non-hydrogen) atoms. The monoisotopic (exact) mass is 202 g/mol. The second kappa shape index (κ2) is 3.65. The Kier molecular flexibility index (Phi) is 2.34. The Bertz CT molecular complexity index is 449. The highest BCUT2D eigenvalue weighted by molar-refractivity contribution is 5.95. The van der Waals surface area contributed by atoms with E-state index >= 15 is 0 Å². The SMILES string of the molecule is Cc1ncc2c(n1)N(CC#N)C(=O)CC2. The molecule has 5 heteroatoms. The first-order chi connectivity index (χ1) is 7.22. The van der Waals surface area contributed by atoms with Crippen molar-refractivity contribution in [1.29, 1.82) is 5.26 Å². The second-order valence-corrected chi connectivity index (χ2v) is 3.40. The number of carbonyl (C=O) groups is 1. The molecule has 0 atom stereocenters. The first kappa shape index (κ1) is 9.59. The van der Waals surface area contributed by atoms with Crippen molar-refractivity contribution in [2.75, 3.05) is 11.4 Å². The Balaban J connectivity index is 2.46. The fourth-order valence-electron chi connectivity index (χ4n) is 1.62. The van der Waals surface area contributed by atoms with E-state index in [1.54, 1.807) is 13.1 Å². The highest BCUT2D eigenvalue weighted by Crippen LogP contribution is 2.24. The lowest BCUT2D eigenvalue weighted by Crippen LogP contribution is -2.36. The van der Waals surface area contributed by atoms with E-state index in [1.807, 2.05) is 6.07 Å². The largest absolute Gasteiger partial charge is 0.282 e. The van der Waals surface area contributed by atoms with Crippen LogP contribution in [-0.2, 0) is 11.2 Å². The first-order valence-electron chi connectivity index (χ1n) is 4.72. The molecule has 0 radical (unpaired) electrons. The summed E-state index contributed by atoms with van der Waals surface area (Å²) in [5.74, 6) is 1.17. The molecule has 1 aliphatic heterocycles. The summed E-state index contributed by atoms with van der Waals surface area (Å²) in [6.45, 7) is 1.83. The summed E-state index contributed by atoms with van der Waals surface area (Å²) in [6.07, 6.45) is 2.83. The molecule has 0 N–H and O–H groups in total. The molecule has 0 spiro atoms. The van der Waals surface area contributed by atoms with Gasteiger partial charge < -0.3 is 0 Å². The van der Waals surface area contributed by atoms with Crippen LogP contribution in [0, 0.1) is 18.3 Å². The Labute approximate surface area is 87.4 Å². The summed E-state index contributed by atoms with van der Waals surface area (Å²) >= 11 is 0. The third-order valence-electron chi connectivity index (χ3n) is 2.36. The van der Waals surface area contributed by atoms with Gasteiger partial charge in [0.05, 0.1) is 6.07 Å². The molecular weight excluding hydrogens is 192 g/mol. The zero-order chi connectivity index (χ0) is 10.8. The Morgan fingerprint density at radius 3 is 3.13 bits per heavy atom. The van der Waals surface area contributed by atoms with Crippen LogP contribution in [0.5, 0.6) is 0 Å². The highest BCUT2D eigenvalue weighted by Gasteiger charge is 2.25. The van der Waals surface area contributed by atoms with E-state index < -0.39 is 0 Å². The van der Waals surface area contributed by atoms with Crippen molar-refractivity contribution in [3.05, 3.63) is 17.6 Å². The molecule has 2 rings (SSSR count). The third-order valence-corrected chi connectivity index (χ3v) is 2.36. The standard InChI is InChI=1S/C10H10N4O/c1-7-12-6-8-2-3-9(15)14(5-4-11)10(8)13-7/h6H,2-3,5H2,1H3.